The van der Waals surface area contributed by atoms with Crippen molar-refractivity contribution in [2.75, 3.05) is 21.1 Å². The molecule has 2 spiro atoms. The Morgan fingerprint density at radius 3 is 2.10 bits per heavy atom. The van der Waals surface area contributed by atoms with Crippen molar-refractivity contribution in [1.82, 2.24) is 10.2 Å². The summed E-state index contributed by atoms with van der Waals surface area (Å²) in [7, 11) is 6.81. The fourth-order valence-corrected chi connectivity index (χ4v) is 11.1. The standard InChI is InChI=1S/C27H48N2/c1-18(29(7)8)19-11-13-25(5)21-10-9-20-23(2,3)22(28-6)12-14-26(20)17-27(21,26)16-15-24(19,25)4/h18-22,28H,9-17H2,1-8H3/t18?,19-,20+,21?,22?,24-,25+,26-,27+/m1/s1. The van der Waals surface area contributed by atoms with E-state index in [1.165, 1.54) is 51.4 Å². The number of nitrogens with zero attached hydrogens (tertiary/aromatic N) is 1. The lowest BCUT2D eigenvalue weighted by Gasteiger charge is -2.63. The van der Waals surface area contributed by atoms with Gasteiger partial charge in [0.2, 0.25) is 0 Å². The molecular formula is C27H48N2. The van der Waals surface area contributed by atoms with Crippen LogP contribution in [0.5, 0.6) is 0 Å². The smallest absolute Gasteiger partial charge is 0.0118 e. The fourth-order valence-electron chi connectivity index (χ4n) is 11.1. The molecule has 2 heteroatoms. The SMILES string of the molecule is CNC1CC[C@]23C[C@]24CC[C@]2(C)[C@@H](C(C)N(C)C)CC[C@@]2(C)C4CC[C@H]3C1(C)C. The molecule has 5 fully saturated rings. The summed E-state index contributed by atoms with van der Waals surface area (Å²) in [4.78, 5) is 2.50. The van der Waals surface area contributed by atoms with E-state index >= 15 is 0 Å². The first kappa shape index (κ1) is 20.8. The first-order chi connectivity index (χ1) is 13.5. The predicted octanol–water partition coefficient (Wildman–Crippen LogP) is 5.96. The second-order valence-corrected chi connectivity index (χ2v) is 13.6. The Balaban J connectivity index is 1.49. The van der Waals surface area contributed by atoms with Crippen LogP contribution in [0.25, 0.3) is 0 Å². The summed E-state index contributed by atoms with van der Waals surface area (Å²) >= 11 is 0. The Labute approximate surface area is 181 Å². The van der Waals surface area contributed by atoms with E-state index in [4.69, 9.17) is 0 Å². The van der Waals surface area contributed by atoms with Crippen LogP contribution in [0.4, 0.5) is 0 Å². The maximum absolute atomic E-state index is 3.71. The van der Waals surface area contributed by atoms with Crippen LogP contribution in [0.1, 0.15) is 92.4 Å². The molecule has 5 aliphatic carbocycles. The molecule has 0 saturated heterocycles. The van der Waals surface area contributed by atoms with Gasteiger partial charge in [0.25, 0.3) is 0 Å². The monoisotopic (exact) mass is 400 g/mol. The summed E-state index contributed by atoms with van der Waals surface area (Å²) in [6, 6.07) is 1.43. The molecule has 0 aromatic rings. The summed E-state index contributed by atoms with van der Waals surface area (Å²) in [6.07, 6.45) is 13.5. The molecule has 2 nitrogen and oxygen atoms in total. The van der Waals surface area contributed by atoms with Gasteiger partial charge in [0.1, 0.15) is 0 Å². The molecule has 5 rings (SSSR count). The van der Waals surface area contributed by atoms with Gasteiger partial charge < -0.3 is 10.2 Å². The molecule has 29 heavy (non-hydrogen) atoms. The second kappa shape index (κ2) is 6.03. The molecule has 9 atom stereocenters. The molecule has 5 aliphatic rings. The molecule has 166 valence electrons. The molecule has 0 amide bonds. The molecule has 1 N–H and O–H groups in total. The Bertz CT molecular complexity index is 684. The maximum Gasteiger partial charge on any atom is 0.0118 e. The van der Waals surface area contributed by atoms with Crippen molar-refractivity contribution in [3.63, 3.8) is 0 Å². The fraction of sp³-hybridized carbons (Fsp3) is 1.00. The van der Waals surface area contributed by atoms with E-state index in [0.717, 1.165) is 17.8 Å². The molecule has 3 unspecified atom stereocenters. The van der Waals surface area contributed by atoms with Crippen LogP contribution >= 0.6 is 0 Å². The van der Waals surface area contributed by atoms with E-state index in [1.54, 1.807) is 6.42 Å². The van der Waals surface area contributed by atoms with Crippen LogP contribution < -0.4 is 5.32 Å². The van der Waals surface area contributed by atoms with Crippen molar-refractivity contribution < 1.29 is 0 Å². The number of rotatable bonds is 3. The third-order valence-electron chi connectivity index (χ3n) is 13.0. The van der Waals surface area contributed by atoms with Gasteiger partial charge in [-0.15, -0.1) is 0 Å². The van der Waals surface area contributed by atoms with Crippen LogP contribution in [-0.4, -0.2) is 38.1 Å². The first-order valence-corrected chi connectivity index (χ1v) is 12.8. The summed E-state index contributed by atoms with van der Waals surface area (Å²) in [5.74, 6) is 2.82. The summed E-state index contributed by atoms with van der Waals surface area (Å²) < 4.78 is 0. The summed E-state index contributed by atoms with van der Waals surface area (Å²) in [5, 5.41) is 3.71. The average molecular weight is 401 g/mol. The highest BCUT2D eigenvalue weighted by molar-refractivity contribution is 5.31. The number of hydrogen-bond donors (Lipinski definition) is 1. The zero-order valence-corrected chi connectivity index (χ0v) is 20.7. The minimum Gasteiger partial charge on any atom is -0.316 e. The molecule has 0 aromatic carbocycles. The van der Waals surface area contributed by atoms with Gasteiger partial charge in [-0.2, -0.15) is 0 Å². The molecule has 0 heterocycles. The molecular weight excluding hydrogens is 352 g/mol. The van der Waals surface area contributed by atoms with Crippen molar-refractivity contribution >= 4 is 0 Å². The molecule has 0 radical (unpaired) electrons. The second-order valence-electron chi connectivity index (χ2n) is 13.6. The van der Waals surface area contributed by atoms with E-state index < -0.39 is 0 Å². The van der Waals surface area contributed by atoms with Gasteiger partial charge in [0, 0.05) is 12.1 Å². The van der Waals surface area contributed by atoms with Gasteiger partial charge in [0.05, 0.1) is 0 Å². The van der Waals surface area contributed by atoms with E-state index in [-0.39, 0.29) is 0 Å². The van der Waals surface area contributed by atoms with Crippen LogP contribution in [0.3, 0.4) is 0 Å². The third kappa shape index (κ3) is 2.22. The van der Waals surface area contributed by atoms with Crippen molar-refractivity contribution in [1.29, 1.82) is 0 Å². The number of hydrogen-bond acceptors (Lipinski definition) is 2. The van der Waals surface area contributed by atoms with Gasteiger partial charge in [0.15, 0.2) is 0 Å². The largest absolute Gasteiger partial charge is 0.316 e. The Morgan fingerprint density at radius 1 is 0.793 bits per heavy atom. The summed E-state index contributed by atoms with van der Waals surface area (Å²) in [5.41, 5.74) is 2.97. The zero-order valence-electron chi connectivity index (χ0n) is 20.7. The van der Waals surface area contributed by atoms with Crippen molar-refractivity contribution in [3.05, 3.63) is 0 Å². The van der Waals surface area contributed by atoms with Gasteiger partial charge in [-0.3, -0.25) is 0 Å². The van der Waals surface area contributed by atoms with E-state index in [0.29, 0.717) is 39.2 Å². The first-order valence-electron chi connectivity index (χ1n) is 12.8. The quantitative estimate of drug-likeness (QED) is 0.628. The highest BCUT2D eigenvalue weighted by atomic mass is 15.1. The predicted molar refractivity (Wildman–Crippen MR) is 123 cm³/mol. The molecule has 5 saturated carbocycles. The topological polar surface area (TPSA) is 15.3 Å². The zero-order chi connectivity index (χ0) is 21.0. The molecule has 0 aliphatic heterocycles. The average Bonchev–Trinajstić information content (AvgIpc) is 3.24. The van der Waals surface area contributed by atoms with Gasteiger partial charge >= 0.3 is 0 Å². The van der Waals surface area contributed by atoms with Crippen LogP contribution in [-0.2, 0) is 0 Å². The van der Waals surface area contributed by atoms with Crippen LogP contribution in [0.15, 0.2) is 0 Å². The Kier molecular flexibility index (Phi) is 4.33. The van der Waals surface area contributed by atoms with E-state index in [2.05, 4.69) is 66.0 Å². The number of nitrogens with one attached hydrogen (secondary N) is 1. The lowest BCUT2D eigenvalue weighted by atomic mass is 9.42. The maximum atomic E-state index is 3.71. The lowest BCUT2D eigenvalue weighted by Crippen LogP contribution is -2.59. The Morgan fingerprint density at radius 2 is 1.45 bits per heavy atom. The minimum atomic E-state index is 0.459. The molecule has 0 aromatic heterocycles. The normalized spacial score (nSPS) is 56.2. The van der Waals surface area contributed by atoms with E-state index in [9.17, 15) is 0 Å². The minimum absolute atomic E-state index is 0.459. The highest BCUT2D eigenvalue weighted by Crippen LogP contribution is 2.88. The van der Waals surface area contributed by atoms with Gasteiger partial charge in [-0.1, -0.05) is 27.7 Å². The van der Waals surface area contributed by atoms with Crippen molar-refractivity contribution in [2.45, 2.75) is 104 Å². The van der Waals surface area contributed by atoms with Crippen molar-refractivity contribution in [3.8, 4) is 0 Å². The van der Waals surface area contributed by atoms with Crippen LogP contribution in [0.2, 0.25) is 0 Å². The lowest BCUT2D eigenvalue weighted by molar-refractivity contribution is -0.146. The third-order valence-corrected chi connectivity index (χ3v) is 13.0. The Hall–Kier alpha value is -0.0800. The van der Waals surface area contributed by atoms with Crippen molar-refractivity contribution in [2.24, 2.45) is 44.8 Å². The summed E-state index contributed by atoms with van der Waals surface area (Å²) in [6.45, 7) is 13.2. The van der Waals surface area contributed by atoms with Gasteiger partial charge in [-0.05, 0) is 131 Å². The van der Waals surface area contributed by atoms with E-state index in [1.807, 2.05) is 0 Å². The number of fused-ring (bicyclic) bond motifs is 2. The van der Waals surface area contributed by atoms with Gasteiger partial charge in [-0.25, -0.2) is 0 Å². The molecule has 0 bridgehead atoms. The highest BCUT2D eigenvalue weighted by Gasteiger charge is 2.82. The van der Waals surface area contributed by atoms with Crippen LogP contribution in [0, 0.1) is 44.8 Å².